The van der Waals surface area contributed by atoms with Gasteiger partial charge in [-0.3, -0.25) is 4.79 Å². The maximum Gasteiger partial charge on any atom is 0.258 e. The molecule has 0 saturated carbocycles. The van der Waals surface area contributed by atoms with Crippen molar-refractivity contribution in [3.63, 3.8) is 0 Å². The van der Waals surface area contributed by atoms with Gasteiger partial charge in [0, 0.05) is 5.69 Å². The molecule has 1 unspecified atom stereocenters. The monoisotopic (exact) mass is 342 g/mol. The number of benzene rings is 2. The van der Waals surface area contributed by atoms with Crippen LogP contribution in [-0.4, -0.2) is 10.2 Å². The summed E-state index contributed by atoms with van der Waals surface area (Å²) in [7, 11) is 0. The van der Waals surface area contributed by atoms with E-state index in [0.717, 1.165) is 11.3 Å². The topological polar surface area (TPSA) is 44.1 Å². The third-order valence-corrected chi connectivity index (χ3v) is 3.62. The summed E-state index contributed by atoms with van der Waals surface area (Å²) in [5.41, 5.74) is 1.78. The van der Waals surface area contributed by atoms with E-state index in [4.69, 9.17) is 0 Å². The van der Waals surface area contributed by atoms with Crippen LogP contribution < -0.4 is 4.90 Å². The Kier molecular flexibility index (Phi) is 4.77. The Bertz CT molecular complexity index is 647. The molecule has 0 spiro atoms. The number of nitrogens with zero attached hydrogens (tertiary/aromatic N) is 2. The van der Waals surface area contributed by atoms with E-state index in [-0.39, 0.29) is 5.91 Å². The molecule has 106 valence electrons. The average Bonchev–Trinajstić information content (AvgIpc) is 2.53. The lowest BCUT2D eigenvalue weighted by Crippen LogP contribution is -2.42. The number of hydrogen-bond acceptors (Lipinski definition) is 2. The third kappa shape index (κ3) is 3.71. The Morgan fingerprint density at radius 2 is 1.67 bits per heavy atom. The molecule has 0 aromatic heterocycles. The van der Waals surface area contributed by atoms with Gasteiger partial charge in [-0.05, 0) is 24.6 Å². The number of anilines is 1. The quantitative estimate of drug-likeness (QED) is 0.791. The second-order valence-corrected chi connectivity index (χ2v) is 6.41. The second-order valence-electron chi connectivity index (χ2n) is 4.83. The number of carbonyl (C=O) groups is 1. The van der Waals surface area contributed by atoms with Crippen LogP contribution in [0.4, 0.5) is 5.69 Å². The minimum Gasteiger partial charge on any atom is -0.306 e. The third-order valence-electron chi connectivity index (χ3n) is 3.11. The molecule has 0 fully saturated rings. The molecule has 0 heterocycles. The van der Waals surface area contributed by atoms with Crippen LogP contribution in [0.5, 0.6) is 0 Å². The molecule has 2 aromatic carbocycles. The van der Waals surface area contributed by atoms with Crippen LogP contribution in [0.25, 0.3) is 0 Å². The summed E-state index contributed by atoms with van der Waals surface area (Å²) >= 11 is 3.21. The first-order valence-electron chi connectivity index (χ1n) is 6.56. The van der Waals surface area contributed by atoms with Crippen molar-refractivity contribution < 1.29 is 4.79 Å². The molecule has 21 heavy (non-hydrogen) atoms. The largest absolute Gasteiger partial charge is 0.306 e. The predicted molar refractivity (Wildman–Crippen MR) is 87.0 cm³/mol. The maximum atomic E-state index is 12.7. The number of alkyl halides is 1. The van der Waals surface area contributed by atoms with Gasteiger partial charge in [0.25, 0.3) is 5.91 Å². The van der Waals surface area contributed by atoms with Crippen molar-refractivity contribution in [2.75, 3.05) is 4.90 Å². The van der Waals surface area contributed by atoms with Crippen LogP contribution >= 0.6 is 15.9 Å². The lowest BCUT2D eigenvalue weighted by Gasteiger charge is -2.27. The molecule has 0 N–H and O–H groups in total. The highest BCUT2D eigenvalue weighted by atomic mass is 79.9. The lowest BCUT2D eigenvalue weighted by molar-refractivity contribution is -0.119. The van der Waals surface area contributed by atoms with Crippen molar-refractivity contribution in [3.05, 3.63) is 66.2 Å². The molecular weight excluding hydrogens is 328 g/mol. The van der Waals surface area contributed by atoms with E-state index < -0.39 is 4.32 Å². The number of halogens is 1. The smallest absolute Gasteiger partial charge is 0.258 e. The molecule has 0 radical (unpaired) electrons. The van der Waals surface area contributed by atoms with E-state index in [1.54, 1.807) is 11.8 Å². The minimum absolute atomic E-state index is 0.278. The van der Waals surface area contributed by atoms with Crippen molar-refractivity contribution in [2.45, 2.75) is 17.8 Å². The minimum atomic E-state index is -1.24. The Balaban J connectivity index is 2.37. The average molecular weight is 343 g/mol. The molecule has 0 saturated heterocycles. The van der Waals surface area contributed by atoms with Crippen LogP contribution in [0.2, 0.25) is 0 Å². The van der Waals surface area contributed by atoms with Gasteiger partial charge >= 0.3 is 0 Å². The molecule has 1 atom stereocenters. The summed E-state index contributed by atoms with van der Waals surface area (Å²) in [5, 5.41) is 9.18. The summed E-state index contributed by atoms with van der Waals surface area (Å²) in [6.45, 7) is 1.99. The first-order valence-corrected chi connectivity index (χ1v) is 7.35. The van der Waals surface area contributed by atoms with Crippen molar-refractivity contribution in [1.29, 1.82) is 5.26 Å². The van der Waals surface area contributed by atoms with Crippen LogP contribution in [0, 0.1) is 11.3 Å². The van der Waals surface area contributed by atoms with E-state index >= 15 is 0 Å². The van der Waals surface area contributed by atoms with E-state index in [2.05, 4.69) is 15.9 Å². The molecule has 4 heteroatoms. The SMILES string of the molecule is CC(Br)(C#N)C(=O)N(Cc1ccccc1)c1ccccc1. The van der Waals surface area contributed by atoms with Crippen LogP contribution in [0.3, 0.4) is 0 Å². The fourth-order valence-electron chi connectivity index (χ4n) is 1.96. The highest BCUT2D eigenvalue weighted by Gasteiger charge is 2.34. The summed E-state index contributed by atoms with van der Waals surface area (Å²) < 4.78 is -1.24. The molecule has 0 aliphatic carbocycles. The van der Waals surface area contributed by atoms with Crippen LogP contribution in [-0.2, 0) is 11.3 Å². The van der Waals surface area contributed by atoms with E-state index in [1.807, 2.05) is 66.7 Å². The zero-order chi connectivity index (χ0) is 15.3. The van der Waals surface area contributed by atoms with Gasteiger partial charge in [0.2, 0.25) is 0 Å². The van der Waals surface area contributed by atoms with Gasteiger partial charge in [-0.1, -0.05) is 64.5 Å². The first kappa shape index (κ1) is 15.3. The predicted octanol–water partition coefficient (Wildman–Crippen LogP) is 3.90. The van der Waals surface area contributed by atoms with Crippen LogP contribution in [0.15, 0.2) is 60.7 Å². The highest BCUT2D eigenvalue weighted by Crippen LogP contribution is 2.25. The van der Waals surface area contributed by atoms with Crippen LogP contribution in [0.1, 0.15) is 12.5 Å². The van der Waals surface area contributed by atoms with E-state index in [9.17, 15) is 10.1 Å². The van der Waals surface area contributed by atoms with Crippen molar-refractivity contribution in [2.24, 2.45) is 0 Å². The van der Waals surface area contributed by atoms with Gasteiger partial charge in [0.15, 0.2) is 4.32 Å². The van der Waals surface area contributed by atoms with E-state index in [1.165, 1.54) is 0 Å². The molecule has 0 bridgehead atoms. The van der Waals surface area contributed by atoms with Gasteiger partial charge in [-0.15, -0.1) is 0 Å². The molecule has 1 amide bonds. The summed E-state index contributed by atoms with van der Waals surface area (Å²) in [6, 6.07) is 21.1. The van der Waals surface area contributed by atoms with Gasteiger partial charge in [0.05, 0.1) is 12.6 Å². The molecule has 3 nitrogen and oxygen atoms in total. The number of amides is 1. The van der Waals surface area contributed by atoms with Crippen molar-refractivity contribution in [1.82, 2.24) is 0 Å². The number of carbonyl (C=O) groups excluding carboxylic acids is 1. The molecule has 0 aliphatic rings. The zero-order valence-corrected chi connectivity index (χ0v) is 13.2. The van der Waals surface area contributed by atoms with E-state index in [0.29, 0.717) is 6.54 Å². The lowest BCUT2D eigenvalue weighted by atomic mass is 10.1. The summed E-state index contributed by atoms with van der Waals surface area (Å²) in [5.74, 6) is -0.278. The molecule has 2 aromatic rings. The molecule has 0 aliphatic heterocycles. The normalized spacial score (nSPS) is 13.0. The fourth-order valence-corrected chi connectivity index (χ4v) is 2.17. The van der Waals surface area contributed by atoms with Gasteiger partial charge < -0.3 is 4.90 Å². The Morgan fingerprint density at radius 1 is 1.14 bits per heavy atom. The number of hydrogen-bond donors (Lipinski definition) is 0. The zero-order valence-electron chi connectivity index (χ0n) is 11.7. The Labute approximate surface area is 132 Å². The first-order chi connectivity index (χ1) is 10.0. The van der Waals surface area contributed by atoms with Gasteiger partial charge in [-0.2, -0.15) is 5.26 Å². The number of rotatable bonds is 4. The van der Waals surface area contributed by atoms with Gasteiger partial charge in [0.1, 0.15) is 0 Å². The van der Waals surface area contributed by atoms with Crippen molar-refractivity contribution in [3.8, 4) is 6.07 Å². The second kappa shape index (κ2) is 6.55. The number of nitriles is 1. The van der Waals surface area contributed by atoms with Gasteiger partial charge in [-0.25, -0.2) is 0 Å². The standard InChI is InChI=1S/C17H15BrN2O/c1-17(18,13-19)16(21)20(15-10-6-3-7-11-15)12-14-8-4-2-5-9-14/h2-11H,12H2,1H3. The summed E-state index contributed by atoms with van der Waals surface area (Å²) in [4.78, 5) is 14.3. The number of para-hydroxylation sites is 1. The Hall–Kier alpha value is -2.12. The molecular formula is C17H15BrN2O. The van der Waals surface area contributed by atoms with Crippen molar-refractivity contribution >= 4 is 27.5 Å². The maximum absolute atomic E-state index is 12.7. The highest BCUT2D eigenvalue weighted by molar-refractivity contribution is 9.10. The fraction of sp³-hybridized carbons (Fsp3) is 0.176. The Morgan fingerprint density at radius 3 is 2.19 bits per heavy atom. The molecule has 2 rings (SSSR count). The summed E-state index contributed by atoms with van der Waals surface area (Å²) in [6.07, 6.45) is 0.